The summed E-state index contributed by atoms with van der Waals surface area (Å²) in [6, 6.07) is 4.19. The van der Waals surface area contributed by atoms with E-state index >= 15 is 0 Å². The van der Waals surface area contributed by atoms with Gasteiger partial charge in [-0.25, -0.2) is 4.98 Å². The van der Waals surface area contributed by atoms with Gasteiger partial charge in [0.25, 0.3) is 0 Å². The lowest BCUT2D eigenvalue weighted by atomic mass is 10.3. The molecule has 2 N–H and O–H groups in total. The van der Waals surface area contributed by atoms with E-state index in [0.29, 0.717) is 6.54 Å². The Kier molecular flexibility index (Phi) is 2.65. The normalized spacial score (nSPS) is 10.7. The molecule has 2 aromatic rings. The monoisotopic (exact) mass is 207 g/mol. The molecule has 14 heavy (non-hydrogen) atoms. The van der Waals surface area contributed by atoms with Crippen molar-refractivity contribution < 1.29 is 0 Å². The van der Waals surface area contributed by atoms with Gasteiger partial charge >= 0.3 is 0 Å². The van der Waals surface area contributed by atoms with Gasteiger partial charge in [-0.05, 0) is 11.4 Å². The van der Waals surface area contributed by atoms with E-state index in [9.17, 15) is 0 Å². The second-order valence-electron chi connectivity index (χ2n) is 3.19. The van der Waals surface area contributed by atoms with Crippen molar-refractivity contribution in [2.45, 2.75) is 13.0 Å². The zero-order chi connectivity index (χ0) is 9.97. The van der Waals surface area contributed by atoms with Crippen LogP contribution >= 0.6 is 11.3 Å². The molecule has 0 radical (unpaired) electrons. The molecular weight excluding hydrogens is 194 g/mol. The first kappa shape index (κ1) is 9.43. The number of nitrogens with two attached hydrogens (primary N) is 1. The number of nitrogens with zero attached hydrogens (tertiary/aromatic N) is 2. The number of aromatic nitrogens is 2. The van der Waals surface area contributed by atoms with E-state index in [2.05, 4.69) is 27.1 Å². The van der Waals surface area contributed by atoms with Gasteiger partial charge in [-0.1, -0.05) is 6.07 Å². The first-order valence-corrected chi connectivity index (χ1v) is 5.41. The van der Waals surface area contributed by atoms with Gasteiger partial charge in [0.15, 0.2) is 0 Å². The van der Waals surface area contributed by atoms with E-state index < -0.39 is 0 Å². The molecule has 0 aliphatic carbocycles. The molecule has 0 atom stereocenters. The van der Waals surface area contributed by atoms with Gasteiger partial charge in [0.05, 0.1) is 5.69 Å². The second-order valence-corrected chi connectivity index (χ2v) is 4.22. The van der Waals surface area contributed by atoms with Crippen molar-refractivity contribution in [1.82, 2.24) is 9.55 Å². The van der Waals surface area contributed by atoms with Crippen molar-refractivity contribution in [1.29, 1.82) is 0 Å². The molecule has 4 heteroatoms. The van der Waals surface area contributed by atoms with Crippen LogP contribution in [0.2, 0.25) is 0 Å². The molecule has 3 nitrogen and oxygen atoms in total. The van der Waals surface area contributed by atoms with E-state index in [1.165, 1.54) is 4.88 Å². The highest BCUT2D eigenvalue weighted by Crippen LogP contribution is 2.14. The van der Waals surface area contributed by atoms with Gasteiger partial charge in [0.2, 0.25) is 0 Å². The maximum absolute atomic E-state index is 5.58. The van der Waals surface area contributed by atoms with Gasteiger partial charge in [0, 0.05) is 31.1 Å². The van der Waals surface area contributed by atoms with Crippen LogP contribution in [0.3, 0.4) is 0 Å². The van der Waals surface area contributed by atoms with Crippen LogP contribution in [0.4, 0.5) is 0 Å². The fraction of sp³-hybridized carbons (Fsp3) is 0.300. The molecule has 0 aliphatic rings. The van der Waals surface area contributed by atoms with Crippen molar-refractivity contribution in [3.05, 3.63) is 40.1 Å². The fourth-order valence-corrected chi connectivity index (χ4v) is 2.11. The highest BCUT2D eigenvalue weighted by atomic mass is 32.1. The molecule has 0 amide bonds. The van der Waals surface area contributed by atoms with Gasteiger partial charge in [-0.3, -0.25) is 0 Å². The Morgan fingerprint density at radius 3 is 3.00 bits per heavy atom. The molecule has 2 heterocycles. The predicted octanol–water partition coefficient (Wildman–Crippen LogP) is 1.53. The SMILES string of the molecule is Cn1c(CN)cnc1Cc1cccs1. The number of hydrogen-bond acceptors (Lipinski definition) is 3. The van der Waals surface area contributed by atoms with Crippen LogP contribution in [0.5, 0.6) is 0 Å². The molecule has 0 saturated heterocycles. The molecule has 0 unspecified atom stereocenters. The predicted molar refractivity (Wildman–Crippen MR) is 58.2 cm³/mol. The maximum Gasteiger partial charge on any atom is 0.113 e. The average Bonchev–Trinajstić information content (AvgIpc) is 2.79. The largest absolute Gasteiger partial charge is 0.334 e. The van der Waals surface area contributed by atoms with Crippen molar-refractivity contribution in [3.63, 3.8) is 0 Å². The van der Waals surface area contributed by atoms with E-state index in [0.717, 1.165) is 17.9 Å². The lowest BCUT2D eigenvalue weighted by molar-refractivity contribution is 0.769. The number of thiophene rings is 1. The summed E-state index contributed by atoms with van der Waals surface area (Å²) in [5, 5.41) is 2.09. The summed E-state index contributed by atoms with van der Waals surface area (Å²) in [6.45, 7) is 0.550. The summed E-state index contributed by atoms with van der Waals surface area (Å²) in [6.07, 6.45) is 2.75. The minimum Gasteiger partial charge on any atom is -0.334 e. The highest BCUT2D eigenvalue weighted by Gasteiger charge is 2.05. The Bertz CT molecular complexity index is 403. The quantitative estimate of drug-likeness (QED) is 0.829. The summed E-state index contributed by atoms with van der Waals surface area (Å²) in [5.41, 5.74) is 6.66. The smallest absolute Gasteiger partial charge is 0.113 e. The summed E-state index contributed by atoms with van der Waals surface area (Å²) in [4.78, 5) is 5.69. The van der Waals surface area contributed by atoms with E-state index in [4.69, 9.17) is 5.73 Å². The molecule has 0 saturated carbocycles. The van der Waals surface area contributed by atoms with Crippen molar-refractivity contribution in [3.8, 4) is 0 Å². The fourth-order valence-electron chi connectivity index (χ4n) is 1.41. The van der Waals surface area contributed by atoms with E-state index in [1.54, 1.807) is 11.3 Å². The van der Waals surface area contributed by atoms with Crippen LogP contribution in [0.15, 0.2) is 23.7 Å². The number of rotatable bonds is 3. The maximum atomic E-state index is 5.58. The lowest BCUT2D eigenvalue weighted by Crippen LogP contribution is -2.06. The second kappa shape index (κ2) is 3.94. The van der Waals surface area contributed by atoms with Gasteiger partial charge in [-0.15, -0.1) is 11.3 Å². The molecule has 0 bridgehead atoms. The van der Waals surface area contributed by atoms with Gasteiger partial charge in [-0.2, -0.15) is 0 Å². The Morgan fingerprint density at radius 2 is 2.43 bits per heavy atom. The van der Waals surface area contributed by atoms with Crippen LogP contribution < -0.4 is 5.73 Å². The molecule has 0 spiro atoms. The van der Waals surface area contributed by atoms with Crippen molar-refractivity contribution >= 4 is 11.3 Å². The topological polar surface area (TPSA) is 43.8 Å². The van der Waals surface area contributed by atoms with E-state index in [1.807, 2.05) is 13.2 Å². The van der Waals surface area contributed by atoms with Crippen LogP contribution in [-0.4, -0.2) is 9.55 Å². The number of hydrogen-bond donors (Lipinski definition) is 1. The third kappa shape index (κ3) is 1.71. The third-order valence-electron chi connectivity index (χ3n) is 2.30. The van der Waals surface area contributed by atoms with Gasteiger partial charge < -0.3 is 10.3 Å². The summed E-state index contributed by atoms with van der Waals surface area (Å²) < 4.78 is 2.07. The highest BCUT2D eigenvalue weighted by molar-refractivity contribution is 7.09. The number of imidazole rings is 1. The summed E-state index contributed by atoms with van der Waals surface area (Å²) in [5.74, 6) is 1.08. The first-order chi connectivity index (χ1) is 6.81. The molecule has 74 valence electrons. The van der Waals surface area contributed by atoms with E-state index in [-0.39, 0.29) is 0 Å². The molecule has 0 aromatic carbocycles. The third-order valence-corrected chi connectivity index (χ3v) is 3.18. The molecule has 0 fully saturated rings. The van der Waals surface area contributed by atoms with Crippen molar-refractivity contribution in [2.24, 2.45) is 12.8 Å². The molecule has 2 rings (SSSR count). The summed E-state index contributed by atoms with van der Waals surface area (Å²) >= 11 is 1.76. The molecule has 2 aromatic heterocycles. The minimum atomic E-state index is 0.550. The zero-order valence-electron chi connectivity index (χ0n) is 8.10. The van der Waals surface area contributed by atoms with Gasteiger partial charge in [0.1, 0.15) is 5.82 Å². The standard InChI is InChI=1S/C10H13N3S/c1-13-8(6-11)7-12-10(13)5-9-3-2-4-14-9/h2-4,7H,5-6,11H2,1H3. The first-order valence-electron chi connectivity index (χ1n) is 4.53. The van der Waals surface area contributed by atoms with Crippen LogP contribution in [-0.2, 0) is 20.0 Å². The Morgan fingerprint density at radius 1 is 1.57 bits per heavy atom. The average molecular weight is 207 g/mol. The molecular formula is C10H13N3S. The van der Waals surface area contributed by atoms with Crippen LogP contribution in [0.25, 0.3) is 0 Å². The Labute approximate surface area is 87.2 Å². The van der Waals surface area contributed by atoms with Crippen LogP contribution in [0, 0.1) is 0 Å². The zero-order valence-corrected chi connectivity index (χ0v) is 8.92. The minimum absolute atomic E-state index is 0.550. The van der Waals surface area contributed by atoms with Crippen LogP contribution in [0.1, 0.15) is 16.4 Å². The Balaban J connectivity index is 2.21. The summed E-state index contributed by atoms with van der Waals surface area (Å²) in [7, 11) is 2.01. The van der Waals surface area contributed by atoms with Crippen molar-refractivity contribution in [2.75, 3.05) is 0 Å². The molecule has 0 aliphatic heterocycles. The lowest BCUT2D eigenvalue weighted by Gasteiger charge is -2.02. The Hall–Kier alpha value is -1.13.